The molecule has 0 radical (unpaired) electrons. The molecule has 0 aliphatic carbocycles. The van der Waals surface area contributed by atoms with Crippen LogP contribution in [-0.4, -0.2) is 41.7 Å². The summed E-state index contributed by atoms with van der Waals surface area (Å²) in [5.74, 6) is 0.212. The van der Waals surface area contributed by atoms with Gasteiger partial charge in [-0.2, -0.15) is 4.31 Å². The van der Waals surface area contributed by atoms with Crippen LogP contribution in [0.5, 0.6) is 5.75 Å². The highest BCUT2D eigenvalue weighted by molar-refractivity contribution is 7.89. The van der Waals surface area contributed by atoms with E-state index in [0.29, 0.717) is 25.4 Å². The van der Waals surface area contributed by atoms with Crippen LogP contribution in [-0.2, 0) is 16.6 Å². The van der Waals surface area contributed by atoms with Gasteiger partial charge in [-0.1, -0.05) is 18.9 Å². The van der Waals surface area contributed by atoms with Crippen molar-refractivity contribution in [1.82, 2.24) is 14.3 Å². The Balaban J connectivity index is 1.49. The fraction of sp³-hybridized carbons (Fsp3) is 0.292. The van der Waals surface area contributed by atoms with Crippen LogP contribution >= 0.6 is 0 Å². The van der Waals surface area contributed by atoms with E-state index in [1.165, 1.54) is 16.4 Å². The standard InChI is InChI=1S/C24H26N4O4S/c29-24(27-23-22(9-6-12-26-23)32-18-19-10-13-25-14-11-19)20-7-5-8-21(17-20)33(30,31)28-15-3-1-2-4-16-28/h5-14,17H,1-4,15-16,18H2,(H,26,27,29). The van der Waals surface area contributed by atoms with Crippen LogP contribution in [0.2, 0.25) is 0 Å². The van der Waals surface area contributed by atoms with E-state index in [2.05, 4.69) is 15.3 Å². The zero-order chi connectivity index (χ0) is 23.1. The van der Waals surface area contributed by atoms with Crippen LogP contribution in [0.3, 0.4) is 0 Å². The second kappa shape index (κ2) is 10.5. The molecule has 0 bridgehead atoms. The molecule has 0 atom stereocenters. The minimum atomic E-state index is -3.65. The van der Waals surface area contributed by atoms with Gasteiger partial charge >= 0.3 is 0 Å². The number of hydrogen-bond donors (Lipinski definition) is 1. The van der Waals surface area contributed by atoms with E-state index in [9.17, 15) is 13.2 Å². The first-order valence-electron chi connectivity index (χ1n) is 10.9. The monoisotopic (exact) mass is 466 g/mol. The number of carbonyl (C=O) groups excluding carboxylic acids is 1. The highest BCUT2D eigenvalue weighted by atomic mass is 32.2. The summed E-state index contributed by atoms with van der Waals surface area (Å²) in [7, 11) is -3.65. The van der Waals surface area contributed by atoms with Crippen molar-refractivity contribution in [1.29, 1.82) is 0 Å². The third-order valence-corrected chi connectivity index (χ3v) is 7.34. The molecule has 3 heterocycles. The normalized spacial score (nSPS) is 14.9. The molecule has 4 rings (SSSR count). The van der Waals surface area contributed by atoms with Crippen LogP contribution in [0.15, 0.2) is 72.0 Å². The number of ether oxygens (including phenoxy) is 1. The lowest BCUT2D eigenvalue weighted by atomic mass is 10.2. The third kappa shape index (κ3) is 5.74. The van der Waals surface area contributed by atoms with Gasteiger partial charge in [0.05, 0.1) is 4.90 Å². The van der Waals surface area contributed by atoms with Crippen LogP contribution in [0, 0.1) is 0 Å². The summed E-state index contributed by atoms with van der Waals surface area (Å²) in [6.07, 6.45) is 8.67. The van der Waals surface area contributed by atoms with Gasteiger partial charge in [-0.25, -0.2) is 13.4 Å². The topological polar surface area (TPSA) is 101 Å². The lowest BCUT2D eigenvalue weighted by Crippen LogP contribution is -2.32. The van der Waals surface area contributed by atoms with Crippen LogP contribution in [0.1, 0.15) is 41.6 Å². The third-order valence-electron chi connectivity index (χ3n) is 5.45. The zero-order valence-corrected chi connectivity index (χ0v) is 19.0. The summed E-state index contributed by atoms with van der Waals surface area (Å²) >= 11 is 0. The first-order valence-corrected chi connectivity index (χ1v) is 12.4. The van der Waals surface area contributed by atoms with Crippen LogP contribution in [0.25, 0.3) is 0 Å². The van der Waals surface area contributed by atoms with Gasteiger partial charge in [0.25, 0.3) is 5.91 Å². The second-order valence-corrected chi connectivity index (χ2v) is 9.73. The van der Waals surface area contributed by atoms with Gasteiger partial charge in [0, 0.05) is 37.2 Å². The summed E-state index contributed by atoms with van der Waals surface area (Å²) in [6, 6.07) is 13.2. The van der Waals surface area contributed by atoms with Crippen molar-refractivity contribution < 1.29 is 17.9 Å². The number of nitrogens with zero attached hydrogens (tertiary/aromatic N) is 3. The quantitative estimate of drug-likeness (QED) is 0.567. The van der Waals surface area contributed by atoms with Crippen molar-refractivity contribution >= 4 is 21.7 Å². The molecule has 1 aromatic carbocycles. The summed E-state index contributed by atoms with van der Waals surface area (Å²) in [5.41, 5.74) is 1.16. The molecule has 0 spiro atoms. The van der Waals surface area contributed by atoms with Gasteiger partial charge in [0.2, 0.25) is 10.0 Å². The number of rotatable bonds is 7. The SMILES string of the molecule is O=C(Nc1ncccc1OCc1ccncc1)c1cccc(S(=O)(=O)N2CCCCCC2)c1. The molecule has 3 aromatic rings. The summed E-state index contributed by atoms with van der Waals surface area (Å²) in [6.45, 7) is 1.30. The van der Waals surface area contributed by atoms with Crippen molar-refractivity contribution in [2.75, 3.05) is 18.4 Å². The van der Waals surface area contributed by atoms with E-state index in [4.69, 9.17) is 4.74 Å². The molecule has 1 aliphatic rings. The maximum Gasteiger partial charge on any atom is 0.256 e. The molecule has 1 saturated heterocycles. The smallest absolute Gasteiger partial charge is 0.256 e. The van der Waals surface area contributed by atoms with Gasteiger partial charge in [0.1, 0.15) is 6.61 Å². The van der Waals surface area contributed by atoms with Crippen LogP contribution in [0.4, 0.5) is 5.82 Å². The fourth-order valence-corrected chi connectivity index (χ4v) is 5.21. The molecule has 0 unspecified atom stereocenters. The molecular weight excluding hydrogens is 440 g/mol. The van der Waals surface area contributed by atoms with E-state index >= 15 is 0 Å². The molecule has 0 saturated carbocycles. The molecule has 1 fully saturated rings. The number of hydrogen-bond acceptors (Lipinski definition) is 6. The molecule has 9 heteroatoms. The number of nitrogens with one attached hydrogen (secondary N) is 1. The first-order chi connectivity index (χ1) is 16.0. The maximum absolute atomic E-state index is 13.1. The molecule has 2 aromatic heterocycles. The average molecular weight is 467 g/mol. The number of benzene rings is 1. The first kappa shape index (κ1) is 22.9. The Labute approximate surface area is 193 Å². The highest BCUT2D eigenvalue weighted by Gasteiger charge is 2.26. The number of aromatic nitrogens is 2. The van der Waals surface area contributed by atoms with E-state index < -0.39 is 15.9 Å². The van der Waals surface area contributed by atoms with Crippen molar-refractivity contribution in [2.24, 2.45) is 0 Å². The lowest BCUT2D eigenvalue weighted by molar-refractivity contribution is 0.102. The Morgan fingerprint density at radius 1 is 0.970 bits per heavy atom. The summed E-state index contributed by atoms with van der Waals surface area (Å²) < 4.78 is 33.5. The lowest BCUT2D eigenvalue weighted by Gasteiger charge is -2.20. The van der Waals surface area contributed by atoms with Gasteiger partial charge < -0.3 is 10.1 Å². The van der Waals surface area contributed by atoms with E-state index in [0.717, 1.165) is 31.2 Å². The predicted molar refractivity (Wildman–Crippen MR) is 124 cm³/mol. The Kier molecular flexibility index (Phi) is 7.31. The molecule has 8 nitrogen and oxygen atoms in total. The van der Waals surface area contributed by atoms with Gasteiger partial charge in [0.15, 0.2) is 11.6 Å². The number of sulfonamides is 1. The summed E-state index contributed by atoms with van der Waals surface area (Å²) in [4.78, 5) is 21.2. The van der Waals surface area contributed by atoms with Gasteiger partial charge in [-0.15, -0.1) is 0 Å². The Morgan fingerprint density at radius 3 is 2.48 bits per heavy atom. The summed E-state index contributed by atoms with van der Waals surface area (Å²) in [5, 5.41) is 2.74. The minimum Gasteiger partial charge on any atom is -0.485 e. The maximum atomic E-state index is 13.1. The van der Waals surface area contributed by atoms with Crippen molar-refractivity contribution in [3.63, 3.8) is 0 Å². The highest BCUT2D eigenvalue weighted by Crippen LogP contribution is 2.24. The van der Waals surface area contributed by atoms with Crippen LogP contribution < -0.4 is 10.1 Å². The predicted octanol–water partition coefficient (Wildman–Crippen LogP) is 3.87. The Hall–Kier alpha value is -3.30. The fourth-order valence-electron chi connectivity index (χ4n) is 3.65. The number of pyridine rings is 2. The van der Waals surface area contributed by atoms with E-state index in [1.807, 2.05) is 12.1 Å². The van der Waals surface area contributed by atoms with E-state index in [-0.39, 0.29) is 16.3 Å². The number of carbonyl (C=O) groups is 1. The molecule has 1 amide bonds. The zero-order valence-electron chi connectivity index (χ0n) is 18.2. The molecular formula is C24H26N4O4S. The Morgan fingerprint density at radius 2 is 1.73 bits per heavy atom. The second-order valence-electron chi connectivity index (χ2n) is 7.79. The number of amides is 1. The molecule has 33 heavy (non-hydrogen) atoms. The largest absolute Gasteiger partial charge is 0.485 e. The van der Waals surface area contributed by atoms with E-state index in [1.54, 1.807) is 42.9 Å². The number of anilines is 1. The molecule has 1 aliphatic heterocycles. The Bertz CT molecular complexity index is 1190. The van der Waals surface area contributed by atoms with Gasteiger partial charge in [-0.05, 0) is 60.9 Å². The van der Waals surface area contributed by atoms with Crippen molar-refractivity contribution in [3.05, 3.63) is 78.2 Å². The molecule has 1 N–H and O–H groups in total. The van der Waals surface area contributed by atoms with Gasteiger partial charge in [-0.3, -0.25) is 9.78 Å². The van der Waals surface area contributed by atoms with Crippen molar-refractivity contribution in [2.45, 2.75) is 37.2 Å². The average Bonchev–Trinajstić information content (AvgIpc) is 3.15. The minimum absolute atomic E-state index is 0.118. The molecule has 172 valence electrons. The van der Waals surface area contributed by atoms with Crippen molar-refractivity contribution in [3.8, 4) is 5.75 Å².